The third-order valence-electron chi connectivity index (χ3n) is 2.06. The highest BCUT2D eigenvalue weighted by Gasteiger charge is 2.06. The van der Waals surface area contributed by atoms with Gasteiger partial charge < -0.3 is 0 Å². The third kappa shape index (κ3) is 1.17. The summed E-state index contributed by atoms with van der Waals surface area (Å²) in [7, 11) is 0. The van der Waals surface area contributed by atoms with Gasteiger partial charge in [0, 0.05) is 5.39 Å². The third-order valence-corrected chi connectivity index (χ3v) is 2.06. The quantitative estimate of drug-likeness (QED) is 0.659. The van der Waals surface area contributed by atoms with Crippen molar-refractivity contribution in [1.82, 2.24) is 9.78 Å². The zero-order valence-corrected chi connectivity index (χ0v) is 7.31. The number of fused-ring (bicyclic) bond motifs is 1. The van der Waals surface area contributed by atoms with Crippen LogP contribution in [0.15, 0.2) is 30.5 Å². The Morgan fingerprint density at radius 3 is 3.00 bits per heavy atom. The van der Waals surface area contributed by atoms with Crippen molar-refractivity contribution >= 4 is 10.9 Å². The zero-order valence-electron chi connectivity index (χ0n) is 7.31. The summed E-state index contributed by atoms with van der Waals surface area (Å²) in [4.78, 5) is 0. The highest BCUT2D eigenvalue weighted by Crippen LogP contribution is 2.16. The Bertz CT molecular complexity index is 464. The molecule has 0 spiro atoms. The molecule has 0 bridgehead atoms. The standard InChI is InChI=1S/C10H9N3/c1-8(6-11)13-10-5-3-2-4-9(10)7-12-13/h2-5,7-8H,1H3. The second kappa shape index (κ2) is 2.91. The molecule has 0 radical (unpaired) electrons. The molecule has 1 heterocycles. The average molecular weight is 171 g/mol. The minimum absolute atomic E-state index is 0.208. The molecule has 2 rings (SSSR count). The van der Waals surface area contributed by atoms with E-state index in [9.17, 15) is 0 Å². The van der Waals surface area contributed by atoms with Crippen molar-refractivity contribution < 1.29 is 0 Å². The van der Waals surface area contributed by atoms with Crippen molar-refractivity contribution in [2.75, 3.05) is 0 Å². The Morgan fingerprint density at radius 1 is 1.46 bits per heavy atom. The van der Waals surface area contributed by atoms with Crippen LogP contribution in [0.1, 0.15) is 13.0 Å². The molecule has 0 aliphatic carbocycles. The van der Waals surface area contributed by atoms with E-state index in [0.717, 1.165) is 10.9 Å². The summed E-state index contributed by atoms with van der Waals surface area (Å²) in [5.74, 6) is 0. The van der Waals surface area contributed by atoms with Crippen LogP contribution in [0.3, 0.4) is 0 Å². The molecule has 3 nitrogen and oxygen atoms in total. The molecule has 0 saturated heterocycles. The van der Waals surface area contributed by atoms with E-state index in [1.807, 2.05) is 31.2 Å². The Hall–Kier alpha value is -1.82. The Kier molecular flexibility index (Phi) is 1.75. The lowest BCUT2D eigenvalue weighted by Gasteiger charge is -2.03. The van der Waals surface area contributed by atoms with Gasteiger partial charge >= 0.3 is 0 Å². The van der Waals surface area contributed by atoms with Gasteiger partial charge in [-0.1, -0.05) is 18.2 Å². The molecule has 0 aliphatic heterocycles. The van der Waals surface area contributed by atoms with Crippen LogP contribution in [0, 0.1) is 11.3 Å². The van der Waals surface area contributed by atoms with Gasteiger partial charge in [-0.15, -0.1) is 0 Å². The lowest BCUT2D eigenvalue weighted by molar-refractivity contribution is 0.612. The SMILES string of the molecule is CC(C#N)n1ncc2ccccc21. The van der Waals surface area contributed by atoms with Gasteiger partial charge in [0.05, 0.1) is 17.8 Å². The van der Waals surface area contributed by atoms with Crippen molar-refractivity contribution in [2.45, 2.75) is 13.0 Å². The fourth-order valence-electron chi connectivity index (χ4n) is 1.36. The topological polar surface area (TPSA) is 41.6 Å². The first-order valence-electron chi connectivity index (χ1n) is 4.15. The predicted molar refractivity (Wildman–Crippen MR) is 50.1 cm³/mol. The largest absolute Gasteiger partial charge is 0.248 e. The second-order valence-electron chi connectivity index (χ2n) is 2.95. The van der Waals surface area contributed by atoms with E-state index >= 15 is 0 Å². The van der Waals surface area contributed by atoms with Gasteiger partial charge in [0.15, 0.2) is 0 Å². The van der Waals surface area contributed by atoms with Crippen molar-refractivity contribution in [3.8, 4) is 6.07 Å². The van der Waals surface area contributed by atoms with E-state index in [-0.39, 0.29) is 6.04 Å². The molecule has 1 unspecified atom stereocenters. The number of benzene rings is 1. The molecule has 13 heavy (non-hydrogen) atoms. The number of rotatable bonds is 1. The van der Waals surface area contributed by atoms with Crippen molar-refractivity contribution in [2.24, 2.45) is 0 Å². The molecule has 64 valence electrons. The van der Waals surface area contributed by atoms with Crippen LogP contribution in [0.5, 0.6) is 0 Å². The molecule has 1 atom stereocenters. The Balaban J connectivity index is 2.66. The van der Waals surface area contributed by atoms with Crippen molar-refractivity contribution in [3.63, 3.8) is 0 Å². The first kappa shape index (κ1) is 7.81. The number of nitriles is 1. The summed E-state index contributed by atoms with van der Waals surface area (Å²) in [5.41, 5.74) is 1.01. The summed E-state index contributed by atoms with van der Waals surface area (Å²) in [6.07, 6.45) is 1.78. The summed E-state index contributed by atoms with van der Waals surface area (Å²) in [6, 6.07) is 9.82. The summed E-state index contributed by atoms with van der Waals surface area (Å²) in [5, 5.41) is 14.0. The maximum atomic E-state index is 8.76. The van der Waals surface area contributed by atoms with E-state index in [2.05, 4.69) is 11.2 Å². The minimum Gasteiger partial charge on any atom is -0.248 e. The molecule has 1 aromatic heterocycles. The van der Waals surface area contributed by atoms with Crippen LogP contribution in [0.2, 0.25) is 0 Å². The molecule has 0 N–H and O–H groups in total. The van der Waals surface area contributed by atoms with Gasteiger partial charge in [0.25, 0.3) is 0 Å². The summed E-state index contributed by atoms with van der Waals surface area (Å²) < 4.78 is 1.73. The molecular weight excluding hydrogens is 162 g/mol. The maximum Gasteiger partial charge on any atom is 0.136 e. The van der Waals surface area contributed by atoms with Crippen LogP contribution < -0.4 is 0 Å². The van der Waals surface area contributed by atoms with Gasteiger partial charge in [-0.2, -0.15) is 10.4 Å². The molecular formula is C10H9N3. The molecule has 2 aromatic rings. The average Bonchev–Trinajstić information content (AvgIpc) is 2.60. The smallest absolute Gasteiger partial charge is 0.136 e. The van der Waals surface area contributed by atoms with Crippen molar-refractivity contribution in [1.29, 1.82) is 5.26 Å². The lowest BCUT2D eigenvalue weighted by Crippen LogP contribution is -2.03. The first-order chi connectivity index (χ1) is 6.33. The normalized spacial score (nSPS) is 12.6. The Labute approximate surface area is 76.2 Å². The van der Waals surface area contributed by atoms with Crippen LogP contribution in [0.25, 0.3) is 10.9 Å². The molecule has 0 amide bonds. The van der Waals surface area contributed by atoms with Crippen LogP contribution >= 0.6 is 0 Å². The summed E-state index contributed by atoms with van der Waals surface area (Å²) in [6.45, 7) is 1.83. The number of hydrogen-bond acceptors (Lipinski definition) is 2. The van der Waals surface area contributed by atoms with E-state index < -0.39 is 0 Å². The van der Waals surface area contributed by atoms with Crippen LogP contribution in [-0.4, -0.2) is 9.78 Å². The lowest BCUT2D eigenvalue weighted by atomic mass is 10.2. The number of para-hydroxylation sites is 1. The predicted octanol–water partition coefficient (Wildman–Crippen LogP) is 2.12. The zero-order chi connectivity index (χ0) is 9.26. The molecule has 1 aromatic carbocycles. The van der Waals surface area contributed by atoms with Gasteiger partial charge in [0.1, 0.15) is 6.04 Å². The van der Waals surface area contributed by atoms with Crippen LogP contribution in [-0.2, 0) is 0 Å². The monoisotopic (exact) mass is 171 g/mol. The second-order valence-corrected chi connectivity index (χ2v) is 2.95. The van der Waals surface area contributed by atoms with Gasteiger partial charge in [-0.3, -0.25) is 0 Å². The fourth-order valence-corrected chi connectivity index (χ4v) is 1.36. The maximum absolute atomic E-state index is 8.76. The van der Waals surface area contributed by atoms with Gasteiger partial charge in [-0.05, 0) is 13.0 Å². The number of aromatic nitrogens is 2. The van der Waals surface area contributed by atoms with E-state index in [4.69, 9.17) is 5.26 Å². The first-order valence-corrected chi connectivity index (χ1v) is 4.15. The molecule has 0 saturated carbocycles. The highest BCUT2D eigenvalue weighted by molar-refractivity contribution is 5.78. The van der Waals surface area contributed by atoms with E-state index in [1.165, 1.54) is 0 Å². The number of nitrogens with zero attached hydrogens (tertiary/aromatic N) is 3. The molecule has 3 heteroatoms. The van der Waals surface area contributed by atoms with Crippen molar-refractivity contribution in [3.05, 3.63) is 30.5 Å². The highest BCUT2D eigenvalue weighted by atomic mass is 15.3. The number of hydrogen-bond donors (Lipinski definition) is 0. The van der Waals surface area contributed by atoms with Gasteiger partial charge in [-0.25, -0.2) is 4.68 Å². The molecule has 0 fully saturated rings. The van der Waals surface area contributed by atoms with E-state index in [1.54, 1.807) is 10.9 Å². The Morgan fingerprint density at radius 2 is 2.23 bits per heavy atom. The van der Waals surface area contributed by atoms with Gasteiger partial charge in [0.2, 0.25) is 0 Å². The minimum atomic E-state index is -0.208. The molecule has 0 aliphatic rings. The van der Waals surface area contributed by atoms with E-state index in [0.29, 0.717) is 0 Å². The summed E-state index contributed by atoms with van der Waals surface area (Å²) >= 11 is 0. The fraction of sp³-hybridized carbons (Fsp3) is 0.200. The van der Waals surface area contributed by atoms with Crippen LogP contribution in [0.4, 0.5) is 0 Å².